The fourth-order valence-corrected chi connectivity index (χ4v) is 0.514. The molecule has 0 fully saturated rings. The molecule has 0 saturated carbocycles. The van der Waals surface area contributed by atoms with Crippen molar-refractivity contribution in [1.29, 1.82) is 0 Å². The van der Waals surface area contributed by atoms with E-state index in [0.717, 1.165) is 13.0 Å². The average Bonchev–Trinajstić information content (AvgIpc) is 1.89. The third-order valence-electron chi connectivity index (χ3n) is 1.00. The van der Waals surface area contributed by atoms with Crippen molar-refractivity contribution in [3.05, 3.63) is 24.3 Å². The Balaban J connectivity index is 3.04. The van der Waals surface area contributed by atoms with Crippen LogP contribution in [0.25, 0.3) is 0 Å². The van der Waals surface area contributed by atoms with Crippen LogP contribution in [0.5, 0.6) is 0 Å². The summed E-state index contributed by atoms with van der Waals surface area (Å²) in [5, 5.41) is 3.07. The monoisotopic (exact) mass is 125 g/mol. The summed E-state index contributed by atoms with van der Waals surface area (Å²) in [6.07, 6.45) is 9.39. The molecule has 0 bridgehead atoms. The maximum Gasteiger partial charge on any atom is -0.00172 e. The molecule has 1 heteroatoms. The summed E-state index contributed by atoms with van der Waals surface area (Å²) in [4.78, 5) is 0. The van der Waals surface area contributed by atoms with E-state index in [0.29, 0.717) is 0 Å². The summed E-state index contributed by atoms with van der Waals surface area (Å²) < 4.78 is 0. The van der Waals surface area contributed by atoms with Crippen molar-refractivity contribution < 1.29 is 0 Å². The lowest BCUT2D eigenvalue weighted by Gasteiger charge is -1.88. The average molecular weight is 125 g/mol. The van der Waals surface area contributed by atoms with E-state index in [1.807, 2.05) is 26.1 Å². The number of nitrogens with one attached hydrogen (secondary N) is 1. The number of allylic oxidation sites excluding steroid dienone is 3. The van der Waals surface area contributed by atoms with Gasteiger partial charge in [0.15, 0.2) is 0 Å². The van der Waals surface area contributed by atoms with E-state index in [1.54, 1.807) is 0 Å². The fraction of sp³-hybridized carbons (Fsp3) is 0.500. The molecular weight excluding hydrogens is 110 g/mol. The highest BCUT2D eigenvalue weighted by atomic mass is 14.8. The maximum atomic E-state index is 3.07. The van der Waals surface area contributed by atoms with Crippen molar-refractivity contribution in [2.24, 2.45) is 0 Å². The largest absolute Gasteiger partial charge is 0.319 e. The van der Waals surface area contributed by atoms with Crippen LogP contribution in [0, 0.1) is 0 Å². The maximum absolute atomic E-state index is 3.07. The van der Waals surface area contributed by atoms with E-state index in [-0.39, 0.29) is 0 Å². The summed E-state index contributed by atoms with van der Waals surface area (Å²) in [6.45, 7) is 3.08. The number of hydrogen-bond acceptors (Lipinski definition) is 1. The molecule has 0 aromatic rings. The molecule has 0 aliphatic carbocycles. The van der Waals surface area contributed by atoms with Gasteiger partial charge in [0, 0.05) is 0 Å². The second kappa shape index (κ2) is 7.44. The van der Waals surface area contributed by atoms with E-state index in [1.165, 1.54) is 0 Å². The normalized spacial score (nSPS) is 11.8. The van der Waals surface area contributed by atoms with Crippen LogP contribution in [-0.4, -0.2) is 13.6 Å². The topological polar surface area (TPSA) is 12.0 Å². The standard InChI is InChI=1S/C8H15N/c1-3-4-5-6-7-8-9-2/h3-6,9H,7-8H2,1-2H3/b4-3-,6-5-. The predicted molar refractivity (Wildman–Crippen MR) is 42.5 cm³/mol. The Hall–Kier alpha value is -0.560. The van der Waals surface area contributed by atoms with Crippen LogP contribution in [0.15, 0.2) is 24.3 Å². The zero-order valence-corrected chi connectivity index (χ0v) is 6.22. The van der Waals surface area contributed by atoms with Gasteiger partial charge in [-0.05, 0) is 26.9 Å². The smallest absolute Gasteiger partial charge is 0.00172 e. The van der Waals surface area contributed by atoms with Gasteiger partial charge < -0.3 is 5.32 Å². The van der Waals surface area contributed by atoms with Crippen LogP contribution >= 0.6 is 0 Å². The van der Waals surface area contributed by atoms with Crippen LogP contribution in [0.3, 0.4) is 0 Å². The highest BCUT2D eigenvalue weighted by molar-refractivity contribution is 5.00. The quantitative estimate of drug-likeness (QED) is 0.445. The van der Waals surface area contributed by atoms with Crippen LogP contribution in [-0.2, 0) is 0 Å². The van der Waals surface area contributed by atoms with Crippen molar-refractivity contribution in [1.82, 2.24) is 5.32 Å². The molecule has 0 saturated heterocycles. The third kappa shape index (κ3) is 7.44. The Bertz CT molecular complexity index is 92.7. The van der Waals surface area contributed by atoms with Crippen LogP contribution in [0.1, 0.15) is 13.3 Å². The lowest BCUT2D eigenvalue weighted by atomic mass is 10.3. The van der Waals surface area contributed by atoms with Crippen molar-refractivity contribution >= 4 is 0 Å². The molecule has 0 aromatic carbocycles. The fourth-order valence-electron chi connectivity index (χ4n) is 0.514. The molecule has 0 atom stereocenters. The minimum Gasteiger partial charge on any atom is -0.319 e. The molecule has 0 aromatic heterocycles. The SMILES string of the molecule is C/C=C\C=C/CCNC. The van der Waals surface area contributed by atoms with Gasteiger partial charge in [-0.2, -0.15) is 0 Å². The van der Waals surface area contributed by atoms with Gasteiger partial charge in [-0.3, -0.25) is 0 Å². The molecule has 0 amide bonds. The van der Waals surface area contributed by atoms with E-state index < -0.39 is 0 Å². The number of rotatable bonds is 4. The summed E-state index contributed by atoms with van der Waals surface area (Å²) in [5.74, 6) is 0. The van der Waals surface area contributed by atoms with Crippen molar-refractivity contribution in [2.45, 2.75) is 13.3 Å². The zero-order valence-electron chi connectivity index (χ0n) is 6.22. The second-order valence-electron chi connectivity index (χ2n) is 1.85. The molecule has 9 heavy (non-hydrogen) atoms. The molecule has 0 aliphatic rings. The summed E-state index contributed by atoms with van der Waals surface area (Å²) in [5.41, 5.74) is 0. The zero-order chi connectivity index (χ0) is 6.95. The minimum absolute atomic E-state index is 1.06. The van der Waals surface area contributed by atoms with Crippen LogP contribution < -0.4 is 5.32 Å². The molecule has 0 heterocycles. The Morgan fingerprint density at radius 3 is 2.67 bits per heavy atom. The summed E-state index contributed by atoms with van der Waals surface area (Å²) >= 11 is 0. The van der Waals surface area contributed by atoms with Gasteiger partial charge in [-0.25, -0.2) is 0 Å². The van der Waals surface area contributed by atoms with Gasteiger partial charge in [0.05, 0.1) is 0 Å². The molecule has 0 rings (SSSR count). The van der Waals surface area contributed by atoms with Gasteiger partial charge in [0.25, 0.3) is 0 Å². The highest BCUT2D eigenvalue weighted by Crippen LogP contribution is 1.80. The second-order valence-corrected chi connectivity index (χ2v) is 1.85. The van der Waals surface area contributed by atoms with E-state index in [2.05, 4.69) is 17.5 Å². The molecule has 0 spiro atoms. The minimum atomic E-state index is 1.06. The van der Waals surface area contributed by atoms with E-state index >= 15 is 0 Å². The van der Waals surface area contributed by atoms with Crippen LogP contribution in [0.4, 0.5) is 0 Å². The van der Waals surface area contributed by atoms with Crippen molar-refractivity contribution in [2.75, 3.05) is 13.6 Å². The predicted octanol–water partition coefficient (Wildman–Crippen LogP) is 1.73. The van der Waals surface area contributed by atoms with Gasteiger partial charge >= 0.3 is 0 Å². The summed E-state index contributed by atoms with van der Waals surface area (Å²) in [7, 11) is 1.96. The Morgan fingerprint density at radius 1 is 1.33 bits per heavy atom. The number of hydrogen-bond donors (Lipinski definition) is 1. The van der Waals surface area contributed by atoms with Gasteiger partial charge in [-0.15, -0.1) is 0 Å². The Labute approximate surface area is 57.5 Å². The third-order valence-corrected chi connectivity index (χ3v) is 1.00. The first-order valence-electron chi connectivity index (χ1n) is 3.34. The molecule has 1 nitrogen and oxygen atoms in total. The molecule has 1 N–H and O–H groups in total. The Morgan fingerprint density at radius 2 is 2.11 bits per heavy atom. The molecule has 0 radical (unpaired) electrons. The molecule has 52 valence electrons. The molecule has 0 aliphatic heterocycles. The summed E-state index contributed by atoms with van der Waals surface area (Å²) in [6, 6.07) is 0. The molecular formula is C8H15N. The lowest BCUT2D eigenvalue weighted by Crippen LogP contribution is -2.05. The highest BCUT2D eigenvalue weighted by Gasteiger charge is 1.72. The van der Waals surface area contributed by atoms with E-state index in [9.17, 15) is 0 Å². The van der Waals surface area contributed by atoms with Crippen LogP contribution in [0.2, 0.25) is 0 Å². The first kappa shape index (κ1) is 8.44. The Kier molecular flexibility index (Phi) is 6.98. The van der Waals surface area contributed by atoms with E-state index in [4.69, 9.17) is 0 Å². The first-order valence-corrected chi connectivity index (χ1v) is 3.34. The first-order chi connectivity index (χ1) is 4.41. The van der Waals surface area contributed by atoms with Gasteiger partial charge in [0.1, 0.15) is 0 Å². The lowest BCUT2D eigenvalue weighted by molar-refractivity contribution is 0.808. The van der Waals surface area contributed by atoms with Crippen molar-refractivity contribution in [3.8, 4) is 0 Å². The van der Waals surface area contributed by atoms with Gasteiger partial charge in [-0.1, -0.05) is 24.3 Å². The van der Waals surface area contributed by atoms with Crippen molar-refractivity contribution in [3.63, 3.8) is 0 Å². The molecule has 0 unspecified atom stereocenters. The van der Waals surface area contributed by atoms with Gasteiger partial charge in [0.2, 0.25) is 0 Å².